The Morgan fingerprint density at radius 1 is 1.10 bits per heavy atom. The third-order valence-corrected chi connectivity index (χ3v) is 2.84. The quantitative estimate of drug-likeness (QED) is 0.817. The van der Waals surface area contributed by atoms with Gasteiger partial charge in [0.2, 0.25) is 5.91 Å². The first-order valence-electron chi connectivity index (χ1n) is 6.85. The molecule has 21 heavy (non-hydrogen) atoms. The van der Waals surface area contributed by atoms with Crippen molar-refractivity contribution in [2.24, 2.45) is 0 Å². The summed E-state index contributed by atoms with van der Waals surface area (Å²) in [6.07, 6.45) is 0.343. The molecule has 2 rings (SSSR count). The summed E-state index contributed by atoms with van der Waals surface area (Å²) in [6.45, 7) is 6.14. The van der Waals surface area contributed by atoms with E-state index in [-0.39, 0.29) is 5.91 Å². The highest BCUT2D eigenvalue weighted by Crippen LogP contribution is 2.24. The molecule has 0 radical (unpaired) electrons. The molecule has 0 unspecified atom stereocenters. The van der Waals surface area contributed by atoms with E-state index in [1.165, 1.54) is 0 Å². The number of amides is 1. The summed E-state index contributed by atoms with van der Waals surface area (Å²) in [5, 5.41) is 2.89. The van der Waals surface area contributed by atoms with E-state index in [9.17, 15) is 4.79 Å². The van der Waals surface area contributed by atoms with Gasteiger partial charge in [-0.2, -0.15) is 0 Å². The number of para-hydroxylation sites is 2. The highest BCUT2D eigenvalue weighted by atomic mass is 16.5. The van der Waals surface area contributed by atoms with E-state index in [2.05, 4.69) is 11.9 Å². The number of anilines is 1. The average Bonchev–Trinajstić information content (AvgIpc) is 2.47. The fourth-order valence-corrected chi connectivity index (χ4v) is 1.87. The maximum atomic E-state index is 12.1. The van der Waals surface area contributed by atoms with Crippen LogP contribution in [-0.4, -0.2) is 12.5 Å². The molecule has 0 saturated heterocycles. The SMILES string of the molecule is C=C(C)COc1ccccc1NC(=O)Cc1ccccc1. The van der Waals surface area contributed by atoms with Crippen molar-refractivity contribution in [3.05, 3.63) is 72.3 Å². The third-order valence-electron chi connectivity index (χ3n) is 2.84. The van der Waals surface area contributed by atoms with Gasteiger partial charge in [-0.15, -0.1) is 0 Å². The first kappa shape index (κ1) is 14.9. The Morgan fingerprint density at radius 2 is 1.76 bits per heavy atom. The van der Waals surface area contributed by atoms with Crippen LogP contribution in [0.2, 0.25) is 0 Å². The number of benzene rings is 2. The minimum Gasteiger partial charge on any atom is -0.487 e. The van der Waals surface area contributed by atoms with Crippen LogP contribution in [0.1, 0.15) is 12.5 Å². The summed E-state index contributed by atoms with van der Waals surface area (Å²) in [6, 6.07) is 17.1. The number of hydrogen-bond donors (Lipinski definition) is 1. The summed E-state index contributed by atoms with van der Waals surface area (Å²) < 4.78 is 5.64. The van der Waals surface area contributed by atoms with Gasteiger partial charge in [-0.05, 0) is 30.2 Å². The minimum atomic E-state index is -0.0624. The van der Waals surface area contributed by atoms with E-state index >= 15 is 0 Å². The van der Waals surface area contributed by atoms with Crippen molar-refractivity contribution in [1.82, 2.24) is 0 Å². The van der Waals surface area contributed by atoms with Gasteiger partial charge in [0, 0.05) is 0 Å². The summed E-state index contributed by atoms with van der Waals surface area (Å²) in [7, 11) is 0. The molecule has 0 fully saturated rings. The summed E-state index contributed by atoms with van der Waals surface area (Å²) in [5.74, 6) is 0.592. The number of carbonyl (C=O) groups excluding carboxylic acids is 1. The van der Waals surface area contributed by atoms with Crippen molar-refractivity contribution in [2.75, 3.05) is 11.9 Å². The molecule has 0 spiro atoms. The second-order valence-electron chi connectivity index (χ2n) is 4.95. The molecule has 0 aliphatic carbocycles. The predicted molar refractivity (Wildman–Crippen MR) is 85.5 cm³/mol. The molecule has 0 bridgehead atoms. The maximum Gasteiger partial charge on any atom is 0.228 e. The molecule has 0 aromatic heterocycles. The molecule has 3 nitrogen and oxygen atoms in total. The van der Waals surface area contributed by atoms with E-state index < -0.39 is 0 Å². The van der Waals surface area contributed by atoms with Gasteiger partial charge in [-0.3, -0.25) is 4.79 Å². The smallest absolute Gasteiger partial charge is 0.228 e. The van der Waals surface area contributed by atoms with Gasteiger partial charge < -0.3 is 10.1 Å². The van der Waals surface area contributed by atoms with Crippen molar-refractivity contribution in [3.8, 4) is 5.75 Å². The largest absolute Gasteiger partial charge is 0.487 e. The lowest BCUT2D eigenvalue weighted by Crippen LogP contribution is -2.15. The average molecular weight is 281 g/mol. The lowest BCUT2D eigenvalue weighted by Gasteiger charge is -2.12. The lowest BCUT2D eigenvalue weighted by molar-refractivity contribution is -0.115. The van der Waals surface area contributed by atoms with Crippen LogP contribution < -0.4 is 10.1 Å². The standard InChI is InChI=1S/C18H19NO2/c1-14(2)13-21-17-11-7-6-10-16(17)19-18(20)12-15-8-4-3-5-9-15/h3-11H,1,12-13H2,2H3,(H,19,20). The van der Waals surface area contributed by atoms with Crippen LogP contribution in [0.4, 0.5) is 5.69 Å². The first-order chi connectivity index (χ1) is 10.1. The Hall–Kier alpha value is -2.55. The van der Waals surface area contributed by atoms with Crippen molar-refractivity contribution >= 4 is 11.6 Å². The van der Waals surface area contributed by atoms with Gasteiger partial charge in [0.05, 0.1) is 12.1 Å². The fraction of sp³-hybridized carbons (Fsp3) is 0.167. The van der Waals surface area contributed by atoms with Crippen LogP contribution >= 0.6 is 0 Å². The third kappa shape index (κ3) is 4.80. The Bertz CT molecular complexity index is 620. The van der Waals surface area contributed by atoms with Crippen LogP contribution in [0.3, 0.4) is 0 Å². The van der Waals surface area contributed by atoms with Crippen LogP contribution in [0.5, 0.6) is 5.75 Å². The minimum absolute atomic E-state index is 0.0624. The summed E-state index contributed by atoms with van der Waals surface area (Å²) >= 11 is 0. The number of carbonyl (C=O) groups is 1. The van der Waals surface area contributed by atoms with Crippen molar-refractivity contribution in [1.29, 1.82) is 0 Å². The Kier molecular flexibility index (Phi) is 5.16. The van der Waals surface area contributed by atoms with Crippen LogP contribution in [-0.2, 0) is 11.2 Å². The maximum absolute atomic E-state index is 12.1. The van der Waals surface area contributed by atoms with Crippen molar-refractivity contribution < 1.29 is 9.53 Å². The van der Waals surface area contributed by atoms with Gasteiger partial charge in [0.15, 0.2) is 0 Å². The molecule has 3 heteroatoms. The van der Waals surface area contributed by atoms with E-state index in [1.807, 2.05) is 61.5 Å². The van der Waals surface area contributed by atoms with Crippen LogP contribution in [0.15, 0.2) is 66.7 Å². The molecule has 1 amide bonds. The van der Waals surface area contributed by atoms with E-state index in [1.54, 1.807) is 0 Å². The Morgan fingerprint density at radius 3 is 2.48 bits per heavy atom. The van der Waals surface area contributed by atoms with Crippen molar-refractivity contribution in [2.45, 2.75) is 13.3 Å². The normalized spacial score (nSPS) is 9.95. The Labute approximate surface area is 125 Å². The van der Waals surface area contributed by atoms with Gasteiger partial charge in [0.25, 0.3) is 0 Å². The van der Waals surface area contributed by atoms with E-state index in [0.717, 1.165) is 11.1 Å². The molecule has 108 valence electrons. The molecule has 2 aromatic carbocycles. The van der Waals surface area contributed by atoms with Crippen molar-refractivity contribution in [3.63, 3.8) is 0 Å². The zero-order valence-electron chi connectivity index (χ0n) is 12.1. The molecule has 0 heterocycles. The monoisotopic (exact) mass is 281 g/mol. The highest BCUT2D eigenvalue weighted by Gasteiger charge is 2.08. The van der Waals surface area contributed by atoms with E-state index in [0.29, 0.717) is 24.5 Å². The highest BCUT2D eigenvalue weighted by molar-refractivity contribution is 5.93. The van der Waals surface area contributed by atoms with Gasteiger partial charge in [-0.1, -0.05) is 49.0 Å². The molecule has 1 N–H and O–H groups in total. The molecule has 2 aromatic rings. The van der Waals surface area contributed by atoms with Crippen LogP contribution in [0, 0.1) is 0 Å². The first-order valence-corrected chi connectivity index (χ1v) is 6.85. The van der Waals surface area contributed by atoms with Crippen LogP contribution in [0.25, 0.3) is 0 Å². The summed E-state index contributed by atoms with van der Waals surface area (Å²) in [5.41, 5.74) is 2.59. The zero-order chi connectivity index (χ0) is 15.1. The number of rotatable bonds is 6. The zero-order valence-corrected chi connectivity index (χ0v) is 12.1. The molecule has 0 saturated carbocycles. The molecular formula is C18H19NO2. The van der Waals surface area contributed by atoms with Gasteiger partial charge >= 0.3 is 0 Å². The second-order valence-corrected chi connectivity index (χ2v) is 4.95. The number of ether oxygens (including phenoxy) is 1. The topological polar surface area (TPSA) is 38.3 Å². The fourth-order valence-electron chi connectivity index (χ4n) is 1.87. The van der Waals surface area contributed by atoms with Gasteiger partial charge in [0.1, 0.15) is 12.4 Å². The summed E-state index contributed by atoms with van der Waals surface area (Å²) in [4.78, 5) is 12.1. The molecular weight excluding hydrogens is 262 g/mol. The number of hydrogen-bond acceptors (Lipinski definition) is 2. The lowest BCUT2D eigenvalue weighted by atomic mass is 10.1. The molecule has 0 aliphatic heterocycles. The Balaban J connectivity index is 2.01. The predicted octanol–water partition coefficient (Wildman–Crippen LogP) is 3.82. The molecule has 0 atom stereocenters. The second kappa shape index (κ2) is 7.29. The van der Waals surface area contributed by atoms with Gasteiger partial charge in [-0.25, -0.2) is 0 Å². The number of nitrogens with one attached hydrogen (secondary N) is 1. The molecule has 0 aliphatic rings. The van der Waals surface area contributed by atoms with E-state index in [4.69, 9.17) is 4.74 Å².